The molecule has 4 rings (SSSR count). The molecular formula is C23H19N5O2. The topological polar surface area (TPSA) is 96.7 Å². The third kappa shape index (κ3) is 4.13. The number of nitrogens with one attached hydrogen (secondary N) is 1. The van der Waals surface area contributed by atoms with Gasteiger partial charge in [0.25, 0.3) is 5.91 Å². The summed E-state index contributed by atoms with van der Waals surface area (Å²) in [7, 11) is 0. The number of rotatable bonds is 5. The van der Waals surface area contributed by atoms with Gasteiger partial charge in [0, 0.05) is 23.0 Å². The van der Waals surface area contributed by atoms with Crippen LogP contribution in [0, 0.1) is 25.2 Å². The van der Waals surface area contributed by atoms with Crippen molar-refractivity contribution in [3.63, 3.8) is 0 Å². The van der Waals surface area contributed by atoms with Crippen molar-refractivity contribution in [3.05, 3.63) is 89.1 Å². The fraction of sp³-hybridized carbons (Fsp3) is 0.130. The lowest BCUT2D eigenvalue weighted by Gasteiger charge is -2.06. The van der Waals surface area contributed by atoms with Gasteiger partial charge in [-0.1, -0.05) is 6.07 Å². The molecule has 0 radical (unpaired) electrons. The second-order valence-electron chi connectivity index (χ2n) is 6.96. The van der Waals surface area contributed by atoms with E-state index in [-0.39, 0.29) is 5.91 Å². The highest BCUT2D eigenvalue weighted by Gasteiger charge is 2.13. The fourth-order valence-electron chi connectivity index (χ4n) is 3.03. The van der Waals surface area contributed by atoms with Crippen LogP contribution in [0.25, 0.3) is 11.5 Å². The number of nitriles is 1. The second-order valence-corrected chi connectivity index (χ2v) is 6.96. The van der Waals surface area contributed by atoms with E-state index < -0.39 is 0 Å². The first-order valence-electron chi connectivity index (χ1n) is 9.39. The Morgan fingerprint density at radius 2 is 2.00 bits per heavy atom. The predicted molar refractivity (Wildman–Crippen MR) is 112 cm³/mol. The van der Waals surface area contributed by atoms with E-state index in [9.17, 15) is 4.79 Å². The Morgan fingerprint density at radius 3 is 2.70 bits per heavy atom. The molecule has 0 aliphatic rings. The average Bonchev–Trinajstić information content (AvgIpc) is 3.34. The number of amides is 1. The molecule has 0 saturated heterocycles. The molecular weight excluding hydrogens is 378 g/mol. The maximum atomic E-state index is 12.4. The van der Waals surface area contributed by atoms with Gasteiger partial charge < -0.3 is 9.73 Å². The highest BCUT2D eigenvalue weighted by Crippen LogP contribution is 2.24. The Kier molecular flexibility index (Phi) is 5.14. The number of aromatic nitrogens is 3. The first-order valence-corrected chi connectivity index (χ1v) is 9.39. The van der Waals surface area contributed by atoms with Crippen LogP contribution in [0.4, 0.5) is 5.69 Å². The van der Waals surface area contributed by atoms with Gasteiger partial charge in [0.1, 0.15) is 11.5 Å². The van der Waals surface area contributed by atoms with E-state index in [4.69, 9.17) is 9.68 Å². The molecule has 1 amide bonds. The maximum Gasteiger partial charge on any atom is 0.255 e. The minimum Gasteiger partial charge on any atom is -0.441 e. The Morgan fingerprint density at radius 1 is 1.20 bits per heavy atom. The van der Waals surface area contributed by atoms with Crippen LogP contribution in [-0.4, -0.2) is 20.7 Å². The third-order valence-electron chi connectivity index (χ3n) is 4.61. The van der Waals surface area contributed by atoms with Crippen molar-refractivity contribution in [1.29, 1.82) is 5.26 Å². The van der Waals surface area contributed by atoms with E-state index >= 15 is 0 Å². The molecule has 0 bridgehead atoms. The maximum absolute atomic E-state index is 12.4. The number of carbonyl (C=O) groups is 1. The predicted octanol–water partition coefficient (Wildman–Crippen LogP) is 4.33. The highest BCUT2D eigenvalue weighted by atomic mass is 16.4. The van der Waals surface area contributed by atoms with E-state index in [1.807, 2.05) is 42.9 Å². The molecule has 0 aliphatic heterocycles. The van der Waals surface area contributed by atoms with Crippen molar-refractivity contribution in [3.8, 4) is 17.5 Å². The summed E-state index contributed by atoms with van der Waals surface area (Å²) in [5.74, 6) is 0.988. The molecule has 2 aromatic heterocycles. The number of benzene rings is 2. The first kappa shape index (κ1) is 19.2. The van der Waals surface area contributed by atoms with Crippen LogP contribution in [0.15, 0.2) is 65.3 Å². The van der Waals surface area contributed by atoms with E-state index in [1.165, 1.54) is 0 Å². The van der Waals surface area contributed by atoms with Crippen molar-refractivity contribution in [2.45, 2.75) is 20.4 Å². The van der Waals surface area contributed by atoms with Crippen molar-refractivity contribution in [2.75, 3.05) is 5.32 Å². The van der Waals surface area contributed by atoms with Gasteiger partial charge in [0.15, 0.2) is 0 Å². The number of hydrogen-bond donors (Lipinski definition) is 1. The lowest BCUT2D eigenvalue weighted by atomic mass is 10.1. The zero-order chi connectivity index (χ0) is 21.1. The molecule has 0 unspecified atom stereocenters. The largest absolute Gasteiger partial charge is 0.441 e. The summed E-state index contributed by atoms with van der Waals surface area (Å²) in [6.07, 6.45) is 3.76. The number of aryl methyl sites for hydroxylation is 2. The molecule has 148 valence electrons. The molecule has 0 fully saturated rings. The number of anilines is 1. The number of oxazole rings is 1. The van der Waals surface area contributed by atoms with Crippen LogP contribution in [0.2, 0.25) is 0 Å². The molecule has 1 N–H and O–H groups in total. The van der Waals surface area contributed by atoms with Gasteiger partial charge in [0.2, 0.25) is 5.89 Å². The van der Waals surface area contributed by atoms with E-state index in [0.29, 0.717) is 29.2 Å². The van der Waals surface area contributed by atoms with Crippen LogP contribution in [-0.2, 0) is 6.54 Å². The Labute approximate surface area is 173 Å². The van der Waals surface area contributed by atoms with E-state index in [1.54, 1.807) is 42.6 Å². The zero-order valence-corrected chi connectivity index (χ0v) is 16.6. The minimum absolute atomic E-state index is 0.274. The summed E-state index contributed by atoms with van der Waals surface area (Å²) in [4.78, 5) is 17.0. The zero-order valence-electron chi connectivity index (χ0n) is 16.6. The lowest BCUT2D eigenvalue weighted by Crippen LogP contribution is -2.11. The molecule has 0 saturated carbocycles. The lowest BCUT2D eigenvalue weighted by molar-refractivity contribution is 0.102. The molecule has 7 nitrogen and oxygen atoms in total. The molecule has 0 aliphatic carbocycles. The van der Waals surface area contributed by atoms with Gasteiger partial charge in [-0.15, -0.1) is 0 Å². The van der Waals surface area contributed by atoms with Crippen LogP contribution < -0.4 is 5.32 Å². The van der Waals surface area contributed by atoms with E-state index in [2.05, 4.69) is 15.4 Å². The Bertz CT molecular complexity index is 1250. The molecule has 30 heavy (non-hydrogen) atoms. The minimum atomic E-state index is -0.274. The van der Waals surface area contributed by atoms with Gasteiger partial charge in [-0.3, -0.25) is 9.48 Å². The Balaban J connectivity index is 1.47. The number of hydrogen-bond acceptors (Lipinski definition) is 5. The second kappa shape index (κ2) is 8.05. The SMILES string of the molecule is Cc1cnn(Cc2nc(-c3ccc(NC(=O)c4cccc(C#N)c4)cc3)oc2C)c1. The van der Waals surface area contributed by atoms with Gasteiger partial charge in [-0.05, 0) is 61.9 Å². The summed E-state index contributed by atoms with van der Waals surface area (Å²) < 4.78 is 7.65. The normalized spacial score (nSPS) is 10.6. The van der Waals surface area contributed by atoms with Crippen LogP contribution >= 0.6 is 0 Å². The fourth-order valence-corrected chi connectivity index (χ4v) is 3.03. The number of nitrogens with zero attached hydrogens (tertiary/aromatic N) is 4. The molecule has 4 aromatic rings. The summed E-state index contributed by atoms with van der Waals surface area (Å²) in [5.41, 5.74) is 4.24. The summed E-state index contributed by atoms with van der Waals surface area (Å²) >= 11 is 0. The Hall–Kier alpha value is -4.18. The van der Waals surface area contributed by atoms with Crippen molar-refractivity contribution in [2.24, 2.45) is 0 Å². The summed E-state index contributed by atoms with van der Waals surface area (Å²) in [6.45, 7) is 4.41. The van der Waals surface area contributed by atoms with Crippen molar-refractivity contribution in [1.82, 2.24) is 14.8 Å². The molecule has 0 spiro atoms. The summed E-state index contributed by atoms with van der Waals surface area (Å²) in [5, 5.41) is 16.1. The quantitative estimate of drug-likeness (QED) is 0.541. The first-order chi connectivity index (χ1) is 14.5. The van der Waals surface area contributed by atoms with Crippen LogP contribution in [0.5, 0.6) is 0 Å². The van der Waals surface area contributed by atoms with Crippen molar-refractivity contribution < 1.29 is 9.21 Å². The molecule has 2 heterocycles. The average molecular weight is 397 g/mol. The molecule has 2 aromatic carbocycles. The van der Waals surface area contributed by atoms with Crippen LogP contribution in [0.1, 0.15) is 32.9 Å². The standard InChI is InChI=1S/C23H19N5O2/c1-15-12-25-28(13-15)14-21-16(2)30-23(27-21)18-6-8-20(9-7-18)26-22(29)19-5-3-4-17(10-19)11-24/h3-10,12-13H,14H2,1-2H3,(H,26,29). The van der Waals surface area contributed by atoms with Crippen LogP contribution in [0.3, 0.4) is 0 Å². The molecule has 7 heteroatoms. The van der Waals surface area contributed by atoms with Gasteiger partial charge in [-0.25, -0.2) is 4.98 Å². The highest BCUT2D eigenvalue weighted by molar-refractivity contribution is 6.04. The monoisotopic (exact) mass is 397 g/mol. The van der Waals surface area contributed by atoms with Gasteiger partial charge in [-0.2, -0.15) is 10.4 Å². The smallest absolute Gasteiger partial charge is 0.255 e. The van der Waals surface area contributed by atoms with E-state index in [0.717, 1.165) is 22.6 Å². The summed E-state index contributed by atoms with van der Waals surface area (Å²) in [6, 6.07) is 15.9. The third-order valence-corrected chi connectivity index (χ3v) is 4.61. The molecule has 0 atom stereocenters. The number of carbonyl (C=O) groups excluding carboxylic acids is 1. The van der Waals surface area contributed by atoms with Crippen molar-refractivity contribution >= 4 is 11.6 Å². The van der Waals surface area contributed by atoms with Gasteiger partial charge in [0.05, 0.1) is 24.4 Å². The van der Waals surface area contributed by atoms with Gasteiger partial charge >= 0.3 is 0 Å².